The zero-order valence-electron chi connectivity index (χ0n) is 29.2. The van der Waals surface area contributed by atoms with Crippen LogP contribution in [0.3, 0.4) is 0 Å². The van der Waals surface area contributed by atoms with E-state index < -0.39 is 0 Å². The molecule has 3 nitrogen and oxygen atoms in total. The van der Waals surface area contributed by atoms with Gasteiger partial charge in [-0.05, 0) is 58.1 Å². The Bertz CT molecular complexity index is 714. The largest absolute Gasteiger partial charge is 0.472 e. The van der Waals surface area contributed by atoms with Gasteiger partial charge in [-0.15, -0.1) is 0 Å². The second-order valence-corrected chi connectivity index (χ2v) is 10.7. The molecule has 0 spiro atoms. The molecular formula is C36H66O3. The first-order chi connectivity index (χ1) is 18.4. The van der Waals surface area contributed by atoms with Crippen molar-refractivity contribution in [3.63, 3.8) is 0 Å². The number of hydrogen-bond donors (Lipinski definition) is 0. The van der Waals surface area contributed by atoms with E-state index in [1.54, 1.807) is 12.5 Å². The molecule has 0 aliphatic rings. The summed E-state index contributed by atoms with van der Waals surface area (Å²) in [6.45, 7) is 38.2. The summed E-state index contributed by atoms with van der Waals surface area (Å²) in [7, 11) is 0. The molecule has 0 saturated heterocycles. The summed E-state index contributed by atoms with van der Waals surface area (Å²) >= 11 is 0. The molecule has 3 aromatic rings. The molecule has 3 heterocycles. The maximum absolute atomic E-state index is 5.39. The van der Waals surface area contributed by atoms with E-state index in [2.05, 4.69) is 95.2 Å². The molecule has 0 atom stereocenters. The number of rotatable bonds is 6. The normalized spacial score (nSPS) is 10.2. The van der Waals surface area contributed by atoms with E-state index in [1.807, 2.05) is 54.1 Å². The minimum absolute atomic E-state index is 0.502. The lowest BCUT2D eigenvalue weighted by Crippen LogP contribution is -1.93. The zero-order chi connectivity index (χ0) is 31.3. The minimum Gasteiger partial charge on any atom is -0.472 e. The van der Waals surface area contributed by atoms with Crippen LogP contribution in [0.25, 0.3) is 0 Å². The third kappa shape index (κ3) is 15.3. The van der Waals surface area contributed by atoms with Crippen molar-refractivity contribution < 1.29 is 13.3 Å². The van der Waals surface area contributed by atoms with Crippen LogP contribution in [0.15, 0.2) is 50.4 Å². The van der Waals surface area contributed by atoms with E-state index in [9.17, 15) is 0 Å². The monoisotopic (exact) mass is 547 g/mol. The van der Waals surface area contributed by atoms with Crippen LogP contribution in [0, 0.1) is 0 Å². The second-order valence-electron chi connectivity index (χ2n) is 10.7. The third-order valence-electron chi connectivity index (χ3n) is 5.71. The molecule has 0 aromatic carbocycles. The molecule has 0 fully saturated rings. The van der Waals surface area contributed by atoms with Crippen LogP contribution >= 0.6 is 0 Å². The van der Waals surface area contributed by atoms with Crippen LogP contribution < -0.4 is 0 Å². The van der Waals surface area contributed by atoms with Crippen LogP contribution in [0.4, 0.5) is 0 Å². The highest BCUT2D eigenvalue weighted by Crippen LogP contribution is 2.28. The average Bonchev–Trinajstić information content (AvgIpc) is 3.68. The van der Waals surface area contributed by atoms with E-state index in [-0.39, 0.29) is 0 Å². The fourth-order valence-electron chi connectivity index (χ4n) is 3.81. The summed E-state index contributed by atoms with van der Waals surface area (Å²) in [6, 6.07) is 4.14. The molecule has 39 heavy (non-hydrogen) atoms. The Morgan fingerprint density at radius 2 is 0.641 bits per heavy atom. The lowest BCUT2D eigenvalue weighted by Gasteiger charge is -2.07. The van der Waals surface area contributed by atoms with Gasteiger partial charge in [-0.2, -0.15) is 0 Å². The molecule has 3 rings (SSSR count). The van der Waals surface area contributed by atoms with Crippen molar-refractivity contribution in [3.05, 3.63) is 71.0 Å². The van der Waals surface area contributed by atoms with Gasteiger partial charge in [-0.1, -0.05) is 125 Å². The third-order valence-corrected chi connectivity index (χ3v) is 5.71. The molecular weight excluding hydrogens is 480 g/mol. The first kappa shape index (κ1) is 41.3. The van der Waals surface area contributed by atoms with Crippen LogP contribution in [0.1, 0.15) is 194 Å². The van der Waals surface area contributed by atoms with Crippen molar-refractivity contribution in [2.45, 2.75) is 160 Å². The molecule has 0 aliphatic heterocycles. The maximum atomic E-state index is 5.39. The van der Waals surface area contributed by atoms with Gasteiger partial charge in [0.05, 0.1) is 25.1 Å². The lowest BCUT2D eigenvalue weighted by atomic mass is 9.95. The van der Waals surface area contributed by atoms with Gasteiger partial charge in [-0.3, -0.25) is 0 Å². The molecule has 0 bridgehead atoms. The second kappa shape index (κ2) is 23.7. The molecule has 0 N–H and O–H groups in total. The van der Waals surface area contributed by atoms with Crippen molar-refractivity contribution in [2.75, 3.05) is 0 Å². The minimum atomic E-state index is 0.502. The van der Waals surface area contributed by atoms with Gasteiger partial charge in [0, 0.05) is 11.8 Å². The molecule has 0 amide bonds. The van der Waals surface area contributed by atoms with E-state index >= 15 is 0 Å². The van der Waals surface area contributed by atoms with Gasteiger partial charge in [-0.25, -0.2) is 0 Å². The van der Waals surface area contributed by atoms with Crippen molar-refractivity contribution in [3.8, 4) is 0 Å². The number of furan rings is 3. The SMILES string of the molecule is CC.CC.CC.CC(C)c1ccoc1C(C)C.CC(C)c1ccoc1C(C)C.CC(C)c1cocc1C(C)C. The van der Waals surface area contributed by atoms with Crippen LogP contribution in [0.2, 0.25) is 0 Å². The Hall–Kier alpha value is -2.16. The van der Waals surface area contributed by atoms with E-state index in [0.29, 0.717) is 35.5 Å². The highest BCUT2D eigenvalue weighted by Gasteiger charge is 2.13. The van der Waals surface area contributed by atoms with Gasteiger partial charge in [0.25, 0.3) is 0 Å². The predicted octanol–water partition coefficient (Wildman–Crippen LogP) is 13.7. The average molecular weight is 547 g/mol. The van der Waals surface area contributed by atoms with Gasteiger partial charge in [0.2, 0.25) is 0 Å². The summed E-state index contributed by atoms with van der Waals surface area (Å²) in [6.07, 6.45) is 7.29. The lowest BCUT2D eigenvalue weighted by molar-refractivity contribution is 0.479. The Balaban J connectivity index is -0.000000453. The summed E-state index contributed by atoms with van der Waals surface area (Å²) < 4.78 is 15.9. The predicted molar refractivity (Wildman–Crippen MR) is 175 cm³/mol. The van der Waals surface area contributed by atoms with Gasteiger partial charge >= 0.3 is 0 Å². The molecule has 228 valence electrons. The van der Waals surface area contributed by atoms with Gasteiger partial charge in [0.15, 0.2) is 0 Å². The standard InChI is InChI=1S/3C10H16O.3C2H6/c1-7(2)9-5-11-6-10(9)8(3)4;2*1-7(2)9-5-6-11-10(9)8(3)4;3*1-2/h3*5-8H,1-4H3;3*1-2H3. The molecule has 3 heteroatoms. The summed E-state index contributed by atoms with van der Waals surface area (Å²) in [5.74, 6) is 5.58. The van der Waals surface area contributed by atoms with Crippen molar-refractivity contribution in [1.82, 2.24) is 0 Å². The maximum Gasteiger partial charge on any atom is 0.109 e. The molecule has 0 aliphatic carbocycles. The van der Waals surface area contributed by atoms with Crippen LogP contribution in [-0.4, -0.2) is 0 Å². The van der Waals surface area contributed by atoms with E-state index in [0.717, 1.165) is 11.5 Å². The first-order valence-corrected chi connectivity index (χ1v) is 15.6. The van der Waals surface area contributed by atoms with Crippen molar-refractivity contribution in [2.24, 2.45) is 0 Å². The molecule has 3 aromatic heterocycles. The fraction of sp³-hybridized carbons (Fsp3) is 0.667. The van der Waals surface area contributed by atoms with Gasteiger partial charge < -0.3 is 13.3 Å². The molecule has 0 saturated carbocycles. The van der Waals surface area contributed by atoms with Crippen molar-refractivity contribution >= 4 is 0 Å². The van der Waals surface area contributed by atoms with E-state index in [1.165, 1.54) is 22.3 Å². The van der Waals surface area contributed by atoms with Crippen LogP contribution in [0.5, 0.6) is 0 Å². The summed E-state index contributed by atoms with van der Waals surface area (Å²) in [5.41, 5.74) is 5.39. The van der Waals surface area contributed by atoms with Crippen molar-refractivity contribution in [1.29, 1.82) is 0 Å². The Morgan fingerprint density at radius 1 is 0.385 bits per heavy atom. The Labute approximate surface area is 244 Å². The smallest absolute Gasteiger partial charge is 0.109 e. The highest BCUT2D eigenvalue weighted by molar-refractivity contribution is 5.27. The number of hydrogen-bond acceptors (Lipinski definition) is 3. The summed E-state index contributed by atoms with van der Waals surface area (Å²) in [4.78, 5) is 0. The summed E-state index contributed by atoms with van der Waals surface area (Å²) in [5, 5.41) is 0. The molecule has 0 unspecified atom stereocenters. The first-order valence-electron chi connectivity index (χ1n) is 15.6. The Kier molecular flexibility index (Phi) is 25.1. The van der Waals surface area contributed by atoms with E-state index in [4.69, 9.17) is 13.3 Å². The zero-order valence-corrected chi connectivity index (χ0v) is 29.2. The van der Waals surface area contributed by atoms with Crippen LogP contribution in [-0.2, 0) is 0 Å². The Morgan fingerprint density at radius 3 is 0.821 bits per heavy atom. The quantitative estimate of drug-likeness (QED) is 0.308. The topological polar surface area (TPSA) is 39.4 Å². The fourth-order valence-corrected chi connectivity index (χ4v) is 3.81. The van der Waals surface area contributed by atoms with Gasteiger partial charge in [0.1, 0.15) is 11.5 Å². The molecule has 0 radical (unpaired) electrons. The highest BCUT2D eigenvalue weighted by atomic mass is 16.3.